The van der Waals surface area contributed by atoms with Crippen LogP contribution in [0, 0.1) is 5.92 Å². The molecule has 32 heavy (non-hydrogen) atoms. The van der Waals surface area contributed by atoms with Gasteiger partial charge in [0.15, 0.2) is 0 Å². The zero-order valence-electron chi connectivity index (χ0n) is 18.8. The highest BCUT2D eigenvalue weighted by atomic mass is 16.5. The molecule has 1 fully saturated rings. The fourth-order valence-corrected chi connectivity index (χ4v) is 4.62. The van der Waals surface area contributed by atoms with E-state index in [0.29, 0.717) is 6.54 Å². The lowest BCUT2D eigenvalue weighted by molar-refractivity contribution is -0.147. The molecule has 2 heterocycles. The average Bonchev–Trinajstić information content (AvgIpc) is 3.43. The van der Waals surface area contributed by atoms with Gasteiger partial charge in [-0.1, -0.05) is 12.1 Å². The van der Waals surface area contributed by atoms with Gasteiger partial charge in [-0.25, -0.2) is 0 Å². The van der Waals surface area contributed by atoms with E-state index < -0.39 is 6.10 Å². The van der Waals surface area contributed by atoms with Crippen molar-refractivity contribution in [1.29, 1.82) is 0 Å². The molecule has 8 nitrogen and oxygen atoms in total. The monoisotopic (exact) mass is 442 g/mol. The Morgan fingerprint density at radius 3 is 2.78 bits per heavy atom. The lowest BCUT2D eigenvalue weighted by atomic mass is 9.97. The number of carbonyl (C=O) groups is 1. The first kappa shape index (κ1) is 22.8. The van der Waals surface area contributed by atoms with Crippen LogP contribution in [0.5, 0.6) is 5.75 Å². The molecule has 0 amide bonds. The number of likely N-dealkylation sites (tertiary alicyclic amines) is 1. The summed E-state index contributed by atoms with van der Waals surface area (Å²) in [5, 5.41) is 21.4. The van der Waals surface area contributed by atoms with Gasteiger partial charge in [0.1, 0.15) is 18.5 Å². The van der Waals surface area contributed by atoms with Gasteiger partial charge in [-0.2, -0.15) is 5.10 Å². The van der Waals surface area contributed by atoms with E-state index in [4.69, 9.17) is 9.47 Å². The van der Waals surface area contributed by atoms with Crippen LogP contribution >= 0.6 is 0 Å². The van der Waals surface area contributed by atoms with Crippen LogP contribution in [-0.2, 0) is 35.5 Å². The maximum absolute atomic E-state index is 11.6. The molecule has 1 aromatic carbocycles. The Hall–Kier alpha value is -2.42. The first-order valence-corrected chi connectivity index (χ1v) is 11.6. The molecule has 1 atom stereocenters. The highest BCUT2D eigenvalue weighted by Crippen LogP contribution is 2.23. The van der Waals surface area contributed by atoms with Crippen molar-refractivity contribution in [2.75, 3.05) is 33.4 Å². The SMILES string of the molecule is COC(=O)C1CCN(C[C@@H](O)COc2ccc(CNCc3n[nH]c4c3CCC4)cc2)CC1. The summed E-state index contributed by atoms with van der Waals surface area (Å²) in [5.74, 6) is 0.608. The standard InChI is InChI=1S/C24H34N4O4/c1-31-24(30)18-9-11-28(12-10-18)15-19(29)16-32-20-7-5-17(6-8-20)13-25-14-23-21-3-2-4-22(21)26-27-23/h5-8,18-19,25,29H,2-4,9-16H2,1H3,(H,26,27)/t19-/m1/s1. The van der Waals surface area contributed by atoms with Crippen molar-refractivity contribution < 1.29 is 19.4 Å². The van der Waals surface area contributed by atoms with E-state index >= 15 is 0 Å². The summed E-state index contributed by atoms with van der Waals surface area (Å²) in [4.78, 5) is 13.8. The fraction of sp³-hybridized carbons (Fsp3) is 0.583. The van der Waals surface area contributed by atoms with Crippen molar-refractivity contribution in [2.24, 2.45) is 5.92 Å². The average molecular weight is 443 g/mol. The van der Waals surface area contributed by atoms with Crippen LogP contribution in [0.15, 0.2) is 24.3 Å². The molecule has 0 radical (unpaired) electrons. The number of nitrogens with one attached hydrogen (secondary N) is 2. The number of aromatic amines is 1. The second-order valence-electron chi connectivity index (χ2n) is 8.79. The normalized spacial score (nSPS) is 17.8. The number of H-pyrrole nitrogens is 1. The first-order valence-electron chi connectivity index (χ1n) is 11.6. The van der Waals surface area contributed by atoms with E-state index in [2.05, 4.69) is 20.4 Å². The van der Waals surface area contributed by atoms with Crippen molar-refractivity contribution in [3.05, 3.63) is 46.8 Å². The van der Waals surface area contributed by atoms with Gasteiger partial charge in [0.2, 0.25) is 0 Å². The summed E-state index contributed by atoms with van der Waals surface area (Å²) < 4.78 is 10.6. The van der Waals surface area contributed by atoms with Gasteiger partial charge in [-0.15, -0.1) is 0 Å². The molecule has 1 aliphatic heterocycles. The Morgan fingerprint density at radius 2 is 2.03 bits per heavy atom. The molecule has 2 aromatic rings. The van der Waals surface area contributed by atoms with Crippen LogP contribution in [0.2, 0.25) is 0 Å². The Morgan fingerprint density at radius 1 is 1.25 bits per heavy atom. The maximum Gasteiger partial charge on any atom is 0.308 e. The molecule has 3 N–H and O–H groups in total. The fourth-order valence-electron chi connectivity index (χ4n) is 4.62. The summed E-state index contributed by atoms with van der Waals surface area (Å²) in [6, 6.07) is 7.97. The summed E-state index contributed by atoms with van der Waals surface area (Å²) in [5.41, 5.74) is 5.02. The first-order chi connectivity index (χ1) is 15.6. The molecule has 8 heteroatoms. The van der Waals surface area contributed by atoms with Gasteiger partial charge in [-0.05, 0) is 68.5 Å². The molecule has 4 rings (SSSR count). The number of piperidine rings is 1. The molecule has 0 saturated carbocycles. The van der Waals surface area contributed by atoms with Crippen molar-refractivity contribution in [3.63, 3.8) is 0 Å². The lowest BCUT2D eigenvalue weighted by Gasteiger charge is -2.31. The van der Waals surface area contributed by atoms with Crippen LogP contribution in [0.3, 0.4) is 0 Å². The van der Waals surface area contributed by atoms with Crippen molar-refractivity contribution in [2.45, 2.75) is 51.3 Å². The largest absolute Gasteiger partial charge is 0.491 e. The van der Waals surface area contributed by atoms with E-state index in [0.717, 1.165) is 63.3 Å². The Bertz CT molecular complexity index is 875. The Labute approximate surface area is 189 Å². The molecule has 1 saturated heterocycles. The molecule has 1 aliphatic carbocycles. The van der Waals surface area contributed by atoms with Crippen LogP contribution in [-0.4, -0.2) is 65.6 Å². The van der Waals surface area contributed by atoms with Crippen molar-refractivity contribution in [1.82, 2.24) is 20.4 Å². The third kappa shape index (κ3) is 5.88. The minimum absolute atomic E-state index is 0.0160. The zero-order valence-corrected chi connectivity index (χ0v) is 18.8. The molecule has 1 aromatic heterocycles. The number of β-amino-alcohol motifs (C(OH)–C–C–N with tert-alkyl or cyclic N) is 1. The molecular weight excluding hydrogens is 408 g/mol. The second kappa shape index (κ2) is 10.9. The van der Waals surface area contributed by atoms with E-state index in [1.807, 2.05) is 24.3 Å². The minimum atomic E-state index is -0.568. The number of carbonyl (C=O) groups excluding carboxylic acids is 1. The number of aromatic nitrogens is 2. The molecular formula is C24H34N4O4. The third-order valence-corrected chi connectivity index (χ3v) is 6.47. The molecule has 0 bridgehead atoms. The number of aliphatic hydroxyl groups excluding tert-OH is 1. The topological polar surface area (TPSA) is 99.7 Å². The molecule has 0 spiro atoms. The number of esters is 1. The van der Waals surface area contributed by atoms with Crippen LogP contribution in [0.4, 0.5) is 0 Å². The second-order valence-corrected chi connectivity index (χ2v) is 8.79. The minimum Gasteiger partial charge on any atom is -0.491 e. The number of fused-ring (bicyclic) bond motifs is 1. The highest BCUT2D eigenvalue weighted by molar-refractivity contribution is 5.72. The van der Waals surface area contributed by atoms with E-state index in [1.54, 1.807) is 0 Å². The van der Waals surface area contributed by atoms with Gasteiger partial charge >= 0.3 is 5.97 Å². The number of methoxy groups -OCH3 is 1. The van der Waals surface area contributed by atoms with Crippen molar-refractivity contribution in [3.8, 4) is 5.75 Å². The smallest absolute Gasteiger partial charge is 0.308 e. The number of aryl methyl sites for hydroxylation is 1. The number of ether oxygens (including phenoxy) is 2. The van der Waals surface area contributed by atoms with Gasteiger partial charge in [-0.3, -0.25) is 9.89 Å². The summed E-state index contributed by atoms with van der Waals surface area (Å²) in [6.07, 6.45) is 4.46. The van der Waals surface area contributed by atoms with Gasteiger partial charge in [0.05, 0.1) is 18.7 Å². The predicted octanol–water partition coefficient (Wildman–Crippen LogP) is 1.81. The summed E-state index contributed by atoms with van der Waals surface area (Å²) >= 11 is 0. The number of hydrogen-bond donors (Lipinski definition) is 3. The summed E-state index contributed by atoms with van der Waals surface area (Å²) in [6.45, 7) is 3.92. The zero-order chi connectivity index (χ0) is 22.3. The molecule has 174 valence electrons. The van der Waals surface area contributed by atoms with Crippen molar-refractivity contribution >= 4 is 5.97 Å². The van der Waals surface area contributed by atoms with E-state index in [9.17, 15) is 9.90 Å². The van der Waals surface area contributed by atoms with Gasteiger partial charge < -0.3 is 24.8 Å². The van der Waals surface area contributed by atoms with Crippen LogP contribution < -0.4 is 10.1 Å². The lowest BCUT2D eigenvalue weighted by Crippen LogP contribution is -2.42. The quantitative estimate of drug-likeness (QED) is 0.483. The number of hydrogen-bond acceptors (Lipinski definition) is 7. The number of nitrogens with zero attached hydrogens (tertiary/aromatic N) is 2. The molecule has 0 unspecified atom stereocenters. The number of benzene rings is 1. The Kier molecular flexibility index (Phi) is 7.78. The predicted molar refractivity (Wildman–Crippen MR) is 120 cm³/mol. The number of rotatable bonds is 10. The maximum atomic E-state index is 11.6. The van der Waals surface area contributed by atoms with Gasteiger partial charge in [0.25, 0.3) is 0 Å². The third-order valence-electron chi connectivity index (χ3n) is 6.47. The van der Waals surface area contributed by atoms with Crippen LogP contribution in [0.1, 0.15) is 41.8 Å². The summed E-state index contributed by atoms with van der Waals surface area (Å²) in [7, 11) is 1.44. The number of aliphatic hydroxyl groups is 1. The highest BCUT2D eigenvalue weighted by Gasteiger charge is 2.26. The van der Waals surface area contributed by atoms with E-state index in [1.165, 1.54) is 30.4 Å². The molecule has 2 aliphatic rings. The van der Waals surface area contributed by atoms with E-state index in [-0.39, 0.29) is 18.5 Å². The van der Waals surface area contributed by atoms with Crippen LogP contribution in [0.25, 0.3) is 0 Å². The van der Waals surface area contributed by atoms with Gasteiger partial charge in [0, 0.05) is 25.3 Å². The Balaban J connectivity index is 1.13.